The molecule has 1 heterocycles. The number of nitrogens with two attached hydrogens (primary N) is 1. The molecule has 0 bridgehead atoms. The highest BCUT2D eigenvalue weighted by atomic mass is 32.2. The summed E-state index contributed by atoms with van der Waals surface area (Å²) in [6.45, 7) is 1.03. The lowest BCUT2D eigenvalue weighted by Gasteiger charge is -2.27. The van der Waals surface area contributed by atoms with Crippen molar-refractivity contribution >= 4 is 15.7 Å². The van der Waals surface area contributed by atoms with Crippen LogP contribution < -0.4 is 5.73 Å². The average Bonchev–Trinajstić information content (AvgIpc) is 2.65. The number of nitrogens with zero attached hydrogens (tertiary/aromatic N) is 1. The van der Waals surface area contributed by atoms with Crippen LogP contribution in [-0.4, -0.2) is 37.4 Å². The number of alkyl halides is 6. The van der Waals surface area contributed by atoms with E-state index < -0.39 is 79.3 Å². The third kappa shape index (κ3) is 5.57. The number of pyridine rings is 1. The lowest BCUT2D eigenvalue weighted by Crippen LogP contribution is -2.42. The number of primary amides is 1. The number of carbonyl (C=O) groups is 1. The molecule has 0 fully saturated rings. The lowest BCUT2D eigenvalue weighted by atomic mass is 10.00. The van der Waals surface area contributed by atoms with Crippen LogP contribution in [0.25, 0.3) is 0 Å². The summed E-state index contributed by atoms with van der Waals surface area (Å²) in [7, 11) is -5.75. The predicted molar refractivity (Wildman–Crippen MR) is 95.0 cm³/mol. The number of aromatic nitrogens is 1. The molecule has 2 N–H and O–H groups in total. The smallest absolute Gasteiger partial charge is 0.364 e. The van der Waals surface area contributed by atoms with E-state index in [0.29, 0.717) is 6.20 Å². The molecule has 0 saturated heterocycles. The zero-order chi connectivity index (χ0) is 25.5. The van der Waals surface area contributed by atoms with Gasteiger partial charge in [0.1, 0.15) is 16.8 Å². The topological polar surface area (TPSA) is 90.1 Å². The molecule has 182 valence electrons. The van der Waals surface area contributed by atoms with Crippen molar-refractivity contribution in [3.05, 3.63) is 64.2 Å². The first-order chi connectivity index (χ1) is 14.9. The minimum Gasteiger partial charge on any atom is -0.364 e. The van der Waals surface area contributed by atoms with E-state index in [1.165, 1.54) is 0 Å². The molecule has 1 aromatic carbocycles. The quantitative estimate of drug-likeness (QED) is 0.469. The van der Waals surface area contributed by atoms with Gasteiger partial charge in [-0.3, -0.25) is 9.78 Å². The Labute approximate surface area is 180 Å². The fourth-order valence-electron chi connectivity index (χ4n) is 2.99. The van der Waals surface area contributed by atoms with Gasteiger partial charge in [-0.1, -0.05) is 0 Å². The zero-order valence-electron chi connectivity index (χ0n) is 16.2. The summed E-state index contributed by atoms with van der Waals surface area (Å²) in [6.07, 6.45) is -11.7. The Hall–Kier alpha value is -2.84. The molecule has 2 rings (SSSR count). The van der Waals surface area contributed by atoms with Crippen molar-refractivity contribution < 1.29 is 52.7 Å². The van der Waals surface area contributed by atoms with Gasteiger partial charge in [-0.05, 0) is 36.2 Å². The van der Waals surface area contributed by atoms with Crippen molar-refractivity contribution in [2.75, 3.05) is 5.75 Å². The number of benzene rings is 1. The van der Waals surface area contributed by atoms with Gasteiger partial charge in [0.15, 0.2) is 27.4 Å². The normalized spacial score (nSPS) is 13.9. The Morgan fingerprint density at radius 1 is 1.03 bits per heavy atom. The Balaban J connectivity index is 2.84. The molecule has 1 aromatic heterocycles. The Bertz CT molecular complexity index is 1160. The second-order valence-corrected chi connectivity index (χ2v) is 9.02. The van der Waals surface area contributed by atoms with E-state index in [0.717, 1.165) is 13.0 Å². The third-order valence-corrected chi connectivity index (χ3v) is 6.58. The van der Waals surface area contributed by atoms with Crippen LogP contribution in [0.5, 0.6) is 0 Å². The number of rotatable bonds is 6. The van der Waals surface area contributed by atoms with Crippen LogP contribution in [0.4, 0.5) is 39.5 Å². The minimum absolute atomic E-state index is 0.243. The molecule has 2 aromatic rings. The first kappa shape index (κ1) is 26.4. The molecule has 0 radical (unpaired) electrons. The maximum absolute atomic E-state index is 14.5. The second-order valence-electron chi connectivity index (χ2n) is 6.89. The van der Waals surface area contributed by atoms with Crippen molar-refractivity contribution in [2.45, 2.75) is 24.5 Å². The van der Waals surface area contributed by atoms with Crippen molar-refractivity contribution in [1.29, 1.82) is 0 Å². The van der Waals surface area contributed by atoms with Gasteiger partial charge >= 0.3 is 12.4 Å². The molecule has 0 spiro atoms. The van der Waals surface area contributed by atoms with Crippen LogP contribution in [-0.2, 0) is 9.84 Å². The first-order valence-corrected chi connectivity index (χ1v) is 10.3. The van der Waals surface area contributed by atoms with Crippen molar-refractivity contribution in [2.24, 2.45) is 11.7 Å². The van der Waals surface area contributed by atoms with E-state index in [-0.39, 0.29) is 17.7 Å². The van der Waals surface area contributed by atoms with Crippen molar-refractivity contribution in [1.82, 2.24) is 4.98 Å². The van der Waals surface area contributed by atoms with Gasteiger partial charge in [-0.2, -0.15) is 26.3 Å². The van der Waals surface area contributed by atoms with Crippen LogP contribution >= 0.6 is 0 Å². The van der Waals surface area contributed by atoms with Crippen LogP contribution in [0.2, 0.25) is 0 Å². The highest BCUT2D eigenvalue weighted by molar-refractivity contribution is 7.91. The number of amides is 1. The van der Waals surface area contributed by atoms with Gasteiger partial charge < -0.3 is 5.73 Å². The molecule has 1 amide bonds. The van der Waals surface area contributed by atoms with Crippen LogP contribution in [0, 0.1) is 30.3 Å². The van der Waals surface area contributed by atoms with Crippen LogP contribution in [0.1, 0.15) is 32.4 Å². The fraction of sp³-hybridized carbons (Fsp3) is 0.333. The van der Waals surface area contributed by atoms with Gasteiger partial charge in [0, 0.05) is 11.8 Å². The molecule has 0 saturated carbocycles. The summed E-state index contributed by atoms with van der Waals surface area (Å²) in [5.74, 6) is -13.9. The first-order valence-electron chi connectivity index (χ1n) is 8.62. The summed E-state index contributed by atoms with van der Waals surface area (Å²) < 4.78 is 146. The van der Waals surface area contributed by atoms with Gasteiger partial charge in [0.25, 0.3) is 5.91 Å². The van der Waals surface area contributed by atoms with Crippen LogP contribution in [0.15, 0.2) is 24.4 Å². The molecule has 15 heteroatoms. The number of aryl methyl sites for hydroxylation is 1. The Morgan fingerprint density at radius 2 is 1.55 bits per heavy atom. The standard InChI is InChI=1S/C18H13F9N2O3S/c1-7-4-11(16(28)30)29-5-8(7)15(13-9(19)2-3-10(20)14(13)21)33(31,32)6-12(17(22,23)24)18(25,26)27/h2-5,12,15H,6H2,1H3,(H2,28,30). The fourth-order valence-corrected chi connectivity index (χ4v) is 5.23. The van der Waals surface area contributed by atoms with Crippen molar-refractivity contribution in [3.8, 4) is 0 Å². The maximum atomic E-state index is 14.5. The highest BCUT2D eigenvalue weighted by Crippen LogP contribution is 2.44. The highest BCUT2D eigenvalue weighted by Gasteiger charge is 2.59. The van der Waals surface area contributed by atoms with Crippen LogP contribution in [0.3, 0.4) is 0 Å². The van der Waals surface area contributed by atoms with E-state index in [1.807, 2.05) is 0 Å². The molecular weight excluding hydrogens is 495 g/mol. The summed E-state index contributed by atoms with van der Waals surface area (Å²) in [5.41, 5.74) is 1.75. The third-order valence-electron chi connectivity index (χ3n) is 4.58. The molecule has 0 aliphatic rings. The van der Waals surface area contributed by atoms with Gasteiger partial charge in [-0.25, -0.2) is 21.6 Å². The van der Waals surface area contributed by atoms with Gasteiger partial charge in [-0.15, -0.1) is 0 Å². The van der Waals surface area contributed by atoms with Crippen molar-refractivity contribution in [3.63, 3.8) is 0 Å². The summed E-state index contributed by atoms with van der Waals surface area (Å²) in [6, 6.07) is 1.30. The molecule has 1 unspecified atom stereocenters. The molecule has 0 aliphatic heterocycles. The molecule has 1 atom stereocenters. The van der Waals surface area contributed by atoms with Gasteiger partial charge in [0.2, 0.25) is 0 Å². The summed E-state index contributed by atoms with van der Waals surface area (Å²) in [5, 5.41) is -2.87. The molecule has 0 aliphatic carbocycles. The van der Waals surface area contributed by atoms with E-state index in [4.69, 9.17) is 5.73 Å². The molecule has 33 heavy (non-hydrogen) atoms. The van der Waals surface area contributed by atoms with E-state index in [1.54, 1.807) is 0 Å². The average molecular weight is 508 g/mol. The summed E-state index contributed by atoms with van der Waals surface area (Å²) in [4.78, 5) is 14.7. The van der Waals surface area contributed by atoms with E-state index in [9.17, 15) is 52.7 Å². The van der Waals surface area contributed by atoms with Gasteiger partial charge in [0.05, 0.1) is 5.75 Å². The summed E-state index contributed by atoms with van der Waals surface area (Å²) >= 11 is 0. The van der Waals surface area contributed by atoms with E-state index in [2.05, 4.69) is 4.98 Å². The largest absolute Gasteiger partial charge is 0.401 e. The number of hydrogen-bond donors (Lipinski definition) is 1. The van der Waals surface area contributed by atoms with E-state index >= 15 is 0 Å². The number of carbonyl (C=O) groups excluding carboxylic acids is 1. The maximum Gasteiger partial charge on any atom is 0.401 e. The zero-order valence-corrected chi connectivity index (χ0v) is 17.0. The molecule has 5 nitrogen and oxygen atoms in total. The SMILES string of the molecule is Cc1cc(C(N)=O)ncc1C(c1c(F)ccc(F)c1F)S(=O)(=O)CC(C(F)(F)F)C(F)(F)F. The Morgan fingerprint density at radius 3 is 2.00 bits per heavy atom. The predicted octanol–water partition coefficient (Wildman–Crippen LogP) is 4.15. The number of halogens is 9. The number of sulfone groups is 1. The lowest BCUT2D eigenvalue weighted by molar-refractivity contribution is -0.276. The molecular formula is C18H13F9N2O3S. The minimum atomic E-state index is -6.09. The monoisotopic (exact) mass is 508 g/mol. The number of hydrogen-bond acceptors (Lipinski definition) is 4. The Kier molecular flexibility index (Phi) is 7.07. The second kappa shape index (κ2) is 8.83.